The standard InChI is InChI=1S/C22H17F6N5O3S/c23-21(24,25)15-8-14(9-16(10-15)22(26,27)28)20-30-12-32(31-20)11-18(19(29)34)13-2-4-17(5-3-13)37(35,36)33-6-1-7-33/h2-5,8-12H,1,6-7H2,(H2,29,34)/b18-11+. The van der Waals surface area contributed by atoms with Crippen molar-refractivity contribution in [3.63, 3.8) is 0 Å². The molecule has 0 aliphatic carbocycles. The van der Waals surface area contributed by atoms with Gasteiger partial charge in [-0.25, -0.2) is 18.1 Å². The number of benzene rings is 2. The fourth-order valence-electron chi connectivity index (χ4n) is 3.45. The van der Waals surface area contributed by atoms with Gasteiger partial charge in [-0.3, -0.25) is 4.79 Å². The lowest BCUT2D eigenvalue weighted by Crippen LogP contribution is -2.41. The topological polar surface area (TPSA) is 111 Å². The Balaban J connectivity index is 1.68. The van der Waals surface area contributed by atoms with E-state index in [1.807, 2.05) is 0 Å². The normalized spacial score (nSPS) is 15.5. The Labute approximate surface area is 206 Å². The molecule has 3 aromatic rings. The third-order valence-electron chi connectivity index (χ3n) is 5.50. The van der Waals surface area contributed by atoms with Crippen molar-refractivity contribution in [3.05, 3.63) is 65.5 Å². The van der Waals surface area contributed by atoms with Crippen LogP contribution < -0.4 is 5.73 Å². The van der Waals surface area contributed by atoms with Crippen LogP contribution in [0.15, 0.2) is 53.7 Å². The van der Waals surface area contributed by atoms with Gasteiger partial charge in [0.15, 0.2) is 5.82 Å². The van der Waals surface area contributed by atoms with Crippen LogP contribution in [0.1, 0.15) is 23.1 Å². The van der Waals surface area contributed by atoms with Crippen molar-refractivity contribution < 1.29 is 39.6 Å². The van der Waals surface area contributed by atoms with Crippen molar-refractivity contribution in [1.82, 2.24) is 19.1 Å². The lowest BCUT2D eigenvalue weighted by molar-refractivity contribution is -0.143. The van der Waals surface area contributed by atoms with E-state index in [9.17, 15) is 39.6 Å². The van der Waals surface area contributed by atoms with Crippen LogP contribution in [0.4, 0.5) is 26.3 Å². The highest BCUT2D eigenvalue weighted by Crippen LogP contribution is 2.38. The minimum Gasteiger partial charge on any atom is -0.366 e. The SMILES string of the molecule is NC(=O)/C(=C/n1cnc(-c2cc(C(F)(F)F)cc(C(F)(F)F)c2)n1)c1ccc(S(=O)(=O)N2CCC2)cc1. The van der Waals surface area contributed by atoms with E-state index in [-0.39, 0.29) is 22.1 Å². The zero-order valence-corrected chi connectivity index (χ0v) is 19.4. The van der Waals surface area contributed by atoms with Gasteiger partial charge in [-0.1, -0.05) is 12.1 Å². The summed E-state index contributed by atoms with van der Waals surface area (Å²) < 4.78 is 106. The van der Waals surface area contributed by atoms with Crippen molar-refractivity contribution in [2.24, 2.45) is 5.73 Å². The molecule has 37 heavy (non-hydrogen) atoms. The highest BCUT2D eigenvalue weighted by molar-refractivity contribution is 7.89. The van der Waals surface area contributed by atoms with Gasteiger partial charge in [-0.05, 0) is 42.3 Å². The van der Waals surface area contributed by atoms with Crippen LogP contribution in [0, 0.1) is 0 Å². The van der Waals surface area contributed by atoms with Gasteiger partial charge in [-0.2, -0.15) is 30.6 Å². The van der Waals surface area contributed by atoms with Crippen molar-refractivity contribution >= 4 is 27.7 Å². The number of aromatic nitrogens is 3. The first-order valence-corrected chi connectivity index (χ1v) is 11.9. The molecule has 0 unspecified atom stereocenters. The van der Waals surface area contributed by atoms with E-state index < -0.39 is 50.8 Å². The minimum atomic E-state index is -5.05. The third kappa shape index (κ3) is 5.51. The number of primary amides is 1. The summed E-state index contributed by atoms with van der Waals surface area (Å²) in [5.74, 6) is -1.42. The summed E-state index contributed by atoms with van der Waals surface area (Å²) in [5.41, 5.74) is 1.85. The number of alkyl halides is 6. The number of carbonyl (C=O) groups excluding carboxylic acids is 1. The number of hydrogen-bond donors (Lipinski definition) is 1. The van der Waals surface area contributed by atoms with Gasteiger partial charge in [0.2, 0.25) is 10.0 Å². The molecule has 4 rings (SSSR count). The molecule has 0 spiro atoms. The minimum absolute atomic E-state index is 0.00725. The van der Waals surface area contributed by atoms with Gasteiger partial charge in [0.05, 0.1) is 21.6 Å². The zero-order chi connectivity index (χ0) is 27.2. The predicted octanol–water partition coefficient (Wildman–Crippen LogP) is 3.86. The van der Waals surface area contributed by atoms with E-state index in [4.69, 9.17) is 5.73 Å². The van der Waals surface area contributed by atoms with Gasteiger partial charge in [0.1, 0.15) is 6.33 Å². The molecule has 1 aliphatic rings. The second kappa shape index (κ2) is 9.30. The monoisotopic (exact) mass is 545 g/mol. The Morgan fingerprint density at radius 2 is 1.51 bits per heavy atom. The van der Waals surface area contributed by atoms with E-state index in [2.05, 4.69) is 10.1 Å². The highest BCUT2D eigenvalue weighted by atomic mass is 32.2. The lowest BCUT2D eigenvalue weighted by Gasteiger charge is -2.29. The summed E-state index contributed by atoms with van der Waals surface area (Å²) >= 11 is 0. The second-order valence-corrected chi connectivity index (χ2v) is 9.97. The molecule has 1 fully saturated rings. The molecule has 0 atom stereocenters. The number of amides is 1. The largest absolute Gasteiger partial charge is 0.416 e. The molecule has 1 aromatic heterocycles. The fourth-order valence-corrected chi connectivity index (χ4v) is 4.97. The average molecular weight is 545 g/mol. The smallest absolute Gasteiger partial charge is 0.366 e. The van der Waals surface area contributed by atoms with E-state index in [1.54, 1.807) is 0 Å². The lowest BCUT2D eigenvalue weighted by atomic mass is 10.0. The first-order valence-electron chi connectivity index (χ1n) is 10.5. The van der Waals surface area contributed by atoms with E-state index in [0.717, 1.165) is 23.6 Å². The van der Waals surface area contributed by atoms with Crippen molar-refractivity contribution in [3.8, 4) is 11.4 Å². The molecule has 8 nitrogen and oxygen atoms in total. The van der Waals surface area contributed by atoms with E-state index in [0.29, 0.717) is 25.2 Å². The molecule has 1 amide bonds. The molecular weight excluding hydrogens is 528 g/mol. The predicted molar refractivity (Wildman–Crippen MR) is 119 cm³/mol. The number of carbonyl (C=O) groups is 1. The molecule has 1 saturated heterocycles. The molecule has 1 aliphatic heterocycles. The molecule has 2 aromatic carbocycles. The molecule has 196 valence electrons. The summed E-state index contributed by atoms with van der Waals surface area (Å²) in [6.45, 7) is 0.809. The quantitative estimate of drug-likeness (QED) is 0.374. The molecule has 0 radical (unpaired) electrons. The first-order chi connectivity index (χ1) is 17.2. The maximum atomic E-state index is 13.2. The Bertz CT molecular complexity index is 1440. The van der Waals surface area contributed by atoms with Crippen LogP contribution in [-0.2, 0) is 27.2 Å². The third-order valence-corrected chi connectivity index (χ3v) is 7.41. The number of sulfonamides is 1. The number of nitrogens with two attached hydrogens (primary N) is 1. The van der Waals surface area contributed by atoms with Crippen LogP contribution in [0.3, 0.4) is 0 Å². The molecule has 15 heteroatoms. The number of nitrogens with zero attached hydrogens (tertiary/aromatic N) is 4. The summed E-state index contributed by atoms with van der Waals surface area (Å²) in [6, 6.07) is 6.18. The Morgan fingerprint density at radius 1 is 0.946 bits per heavy atom. The summed E-state index contributed by atoms with van der Waals surface area (Å²) in [7, 11) is -3.67. The maximum absolute atomic E-state index is 13.2. The fraction of sp³-hybridized carbons (Fsp3) is 0.227. The Morgan fingerprint density at radius 3 is 1.97 bits per heavy atom. The van der Waals surface area contributed by atoms with Gasteiger partial charge in [0, 0.05) is 24.9 Å². The van der Waals surface area contributed by atoms with Crippen molar-refractivity contribution in [2.45, 2.75) is 23.7 Å². The molecular formula is C22H17F6N5O3S. The van der Waals surface area contributed by atoms with Crippen molar-refractivity contribution in [2.75, 3.05) is 13.1 Å². The van der Waals surface area contributed by atoms with E-state index in [1.165, 1.54) is 28.6 Å². The Kier molecular flexibility index (Phi) is 6.62. The van der Waals surface area contributed by atoms with Gasteiger partial charge in [-0.15, -0.1) is 5.10 Å². The van der Waals surface area contributed by atoms with E-state index >= 15 is 0 Å². The van der Waals surface area contributed by atoms with Crippen LogP contribution in [0.25, 0.3) is 23.2 Å². The molecule has 0 saturated carbocycles. The Hall–Kier alpha value is -3.72. The zero-order valence-electron chi connectivity index (χ0n) is 18.6. The highest BCUT2D eigenvalue weighted by Gasteiger charge is 2.37. The number of halogens is 6. The molecule has 0 bridgehead atoms. The van der Waals surface area contributed by atoms with Gasteiger partial charge < -0.3 is 5.73 Å². The van der Waals surface area contributed by atoms with Gasteiger partial charge in [0.25, 0.3) is 5.91 Å². The van der Waals surface area contributed by atoms with Crippen LogP contribution in [0.2, 0.25) is 0 Å². The summed E-state index contributed by atoms with van der Waals surface area (Å²) in [4.78, 5) is 15.8. The van der Waals surface area contributed by atoms with Crippen molar-refractivity contribution in [1.29, 1.82) is 0 Å². The number of hydrogen-bond acceptors (Lipinski definition) is 5. The summed E-state index contributed by atoms with van der Waals surface area (Å²) in [6.07, 6.45) is -7.31. The number of rotatable bonds is 6. The average Bonchev–Trinajstić information content (AvgIpc) is 3.23. The van der Waals surface area contributed by atoms with Gasteiger partial charge >= 0.3 is 12.4 Å². The maximum Gasteiger partial charge on any atom is 0.416 e. The molecule has 2 heterocycles. The van der Waals surface area contributed by atoms with Crippen LogP contribution >= 0.6 is 0 Å². The first kappa shape index (κ1) is 26.3. The molecule has 2 N–H and O–H groups in total. The van der Waals surface area contributed by atoms with Crippen LogP contribution in [-0.4, -0.2) is 46.5 Å². The summed E-state index contributed by atoms with van der Waals surface area (Å²) in [5, 5.41) is 3.86. The second-order valence-electron chi connectivity index (χ2n) is 8.03. The van der Waals surface area contributed by atoms with Crippen LogP contribution in [0.5, 0.6) is 0 Å².